The highest BCUT2D eigenvalue weighted by Crippen LogP contribution is 2.13. The Morgan fingerprint density at radius 2 is 1.46 bits per heavy atom. The van der Waals surface area contributed by atoms with Gasteiger partial charge < -0.3 is 14.8 Å². The van der Waals surface area contributed by atoms with Gasteiger partial charge >= 0.3 is 5.97 Å². The van der Waals surface area contributed by atoms with Crippen molar-refractivity contribution >= 4 is 29.1 Å². The fourth-order valence-corrected chi connectivity index (χ4v) is 2.19. The molecule has 28 heavy (non-hydrogen) atoms. The van der Waals surface area contributed by atoms with Crippen LogP contribution in [0.3, 0.4) is 0 Å². The van der Waals surface area contributed by atoms with Crippen molar-refractivity contribution in [3.63, 3.8) is 0 Å². The first kappa shape index (κ1) is 20.8. The number of amides is 1. The van der Waals surface area contributed by atoms with E-state index in [9.17, 15) is 19.2 Å². The summed E-state index contributed by atoms with van der Waals surface area (Å²) >= 11 is 0. The van der Waals surface area contributed by atoms with E-state index in [0.717, 1.165) is 0 Å². The van der Waals surface area contributed by atoms with Gasteiger partial charge in [-0.2, -0.15) is 0 Å². The standard InChI is InChI=1S/C21H21NO6/c1-3-20(25)22-17-8-4-16(5-9-17)19(24)12-28-21(26)13-27-18-10-6-15(7-11-18)14(2)23/h4-11H,3,12-13H2,1-2H3,(H,22,25). The summed E-state index contributed by atoms with van der Waals surface area (Å²) in [6, 6.07) is 12.7. The molecule has 0 radical (unpaired) electrons. The molecular weight excluding hydrogens is 362 g/mol. The quantitative estimate of drug-likeness (QED) is 0.528. The lowest BCUT2D eigenvalue weighted by atomic mass is 10.1. The Kier molecular flexibility index (Phi) is 7.45. The van der Waals surface area contributed by atoms with Crippen molar-refractivity contribution in [3.8, 4) is 5.75 Å². The molecule has 1 N–H and O–H groups in total. The Hall–Kier alpha value is -3.48. The highest BCUT2D eigenvalue weighted by molar-refractivity contribution is 5.99. The van der Waals surface area contributed by atoms with Crippen molar-refractivity contribution in [3.05, 3.63) is 59.7 Å². The van der Waals surface area contributed by atoms with Crippen LogP contribution in [-0.2, 0) is 14.3 Å². The van der Waals surface area contributed by atoms with Gasteiger partial charge in [-0.3, -0.25) is 14.4 Å². The number of carbonyl (C=O) groups is 4. The van der Waals surface area contributed by atoms with Gasteiger partial charge in [0.15, 0.2) is 24.8 Å². The van der Waals surface area contributed by atoms with Gasteiger partial charge in [0.05, 0.1) is 0 Å². The second-order valence-electron chi connectivity index (χ2n) is 5.93. The maximum Gasteiger partial charge on any atom is 0.344 e. The number of esters is 1. The molecule has 0 aliphatic carbocycles. The number of benzene rings is 2. The zero-order chi connectivity index (χ0) is 20.5. The average Bonchev–Trinajstić information content (AvgIpc) is 2.71. The van der Waals surface area contributed by atoms with Crippen LogP contribution in [0.4, 0.5) is 5.69 Å². The molecule has 0 aromatic heterocycles. The van der Waals surface area contributed by atoms with Crippen molar-refractivity contribution in [2.24, 2.45) is 0 Å². The molecule has 2 aromatic rings. The third-order valence-electron chi connectivity index (χ3n) is 3.79. The van der Waals surface area contributed by atoms with Crippen LogP contribution in [0.25, 0.3) is 0 Å². The van der Waals surface area contributed by atoms with Crippen LogP contribution in [0, 0.1) is 0 Å². The first-order valence-corrected chi connectivity index (χ1v) is 8.71. The molecule has 0 heterocycles. The molecule has 0 aliphatic rings. The van der Waals surface area contributed by atoms with Gasteiger partial charge in [-0.15, -0.1) is 0 Å². The fraction of sp³-hybridized carbons (Fsp3) is 0.238. The van der Waals surface area contributed by atoms with E-state index in [0.29, 0.717) is 29.0 Å². The molecule has 0 aliphatic heterocycles. The number of anilines is 1. The summed E-state index contributed by atoms with van der Waals surface area (Å²) in [6.07, 6.45) is 0.361. The van der Waals surface area contributed by atoms with Gasteiger partial charge in [0.1, 0.15) is 5.75 Å². The highest BCUT2D eigenvalue weighted by Gasteiger charge is 2.11. The zero-order valence-corrected chi connectivity index (χ0v) is 15.7. The van der Waals surface area contributed by atoms with Gasteiger partial charge in [0, 0.05) is 23.2 Å². The molecule has 1 amide bonds. The summed E-state index contributed by atoms with van der Waals surface area (Å²) in [6.45, 7) is 2.44. The second-order valence-corrected chi connectivity index (χ2v) is 5.93. The van der Waals surface area contributed by atoms with Crippen molar-refractivity contribution in [2.75, 3.05) is 18.5 Å². The number of hydrogen-bond donors (Lipinski definition) is 1. The van der Waals surface area contributed by atoms with Gasteiger partial charge in [-0.25, -0.2) is 4.79 Å². The minimum atomic E-state index is -0.684. The minimum Gasteiger partial charge on any atom is -0.482 e. The normalized spacial score (nSPS) is 10.1. The van der Waals surface area contributed by atoms with Crippen LogP contribution in [-0.4, -0.2) is 36.7 Å². The lowest BCUT2D eigenvalue weighted by Gasteiger charge is -2.08. The number of ether oxygens (including phenoxy) is 2. The Morgan fingerprint density at radius 1 is 0.857 bits per heavy atom. The molecule has 146 valence electrons. The number of ketones is 2. The van der Waals surface area contributed by atoms with E-state index in [4.69, 9.17) is 9.47 Å². The molecule has 7 heteroatoms. The summed E-state index contributed by atoms with van der Waals surface area (Å²) < 4.78 is 10.2. The number of carbonyl (C=O) groups excluding carboxylic acids is 4. The molecule has 2 rings (SSSR count). The lowest BCUT2D eigenvalue weighted by molar-refractivity contribution is -0.144. The van der Waals surface area contributed by atoms with Gasteiger partial charge in [-0.05, 0) is 55.5 Å². The first-order chi connectivity index (χ1) is 13.4. The maximum absolute atomic E-state index is 12.1. The maximum atomic E-state index is 12.1. The predicted molar refractivity (Wildman–Crippen MR) is 103 cm³/mol. The van der Waals surface area contributed by atoms with Crippen LogP contribution in [0.15, 0.2) is 48.5 Å². The third kappa shape index (κ3) is 6.35. The van der Waals surface area contributed by atoms with E-state index in [1.54, 1.807) is 55.5 Å². The van der Waals surface area contributed by atoms with E-state index >= 15 is 0 Å². The topological polar surface area (TPSA) is 98.8 Å². The smallest absolute Gasteiger partial charge is 0.344 e. The van der Waals surface area contributed by atoms with E-state index in [-0.39, 0.29) is 24.1 Å². The summed E-state index contributed by atoms with van der Waals surface area (Å²) in [5, 5.41) is 2.68. The van der Waals surface area contributed by atoms with Crippen molar-refractivity contribution in [1.82, 2.24) is 0 Å². The molecule has 7 nitrogen and oxygen atoms in total. The van der Waals surface area contributed by atoms with E-state index < -0.39 is 12.6 Å². The molecular formula is C21H21NO6. The Bertz CT molecular complexity index is 855. The predicted octanol–water partition coefficient (Wildman–Crippen LogP) is 3.04. The largest absolute Gasteiger partial charge is 0.482 e. The average molecular weight is 383 g/mol. The van der Waals surface area contributed by atoms with E-state index in [1.165, 1.54) is 6.92 Å². The van der Waals surface area contributed by atoms with Crippen molar-refractivity contribution < 1.29 is 28.7 Å². The fourth-order valence-electron chi connectivity index (χ4n) is 2.19. The Morgan fingerprint density at radius 3 is 2.04 bits per heavy atom. The minimum absolute atomic E-state index is 0.0646. The SMILES string of the molecule is CCC(=O)Nc1ccc(C(=O)COC(=O)COc2ccc(C(C)=O)cc2)cc1. The second kappa shape index (κ2) is 10.0. The summed E-state index contributed by atoms with van der Waals surface area (Å²) in [5.41, 5.74) is 1.49. The lowest BCUT2D eigenvalue weighted by Crippen LogP contribution is -2.19. The number of Topliss-reactive ketones (excluding diaryl/α,β-unsaturated/α-hetero) is 2. The molecule has 0 spiro atoms. The van der Waals surface area contributed by atoms with Crippen molar-refractivity contribution in [1.29, 1.82) is 0 Å². The van der Waals surface area contributed by atoms with E-state index in [2.05, 4.69) is 5.32 Å². The Labute approximate surface area is 162 Å². The van der Waals surface area contributed by atoms with Crippen LogP contribution in [0.2, 0.25) is 0 Å². The van der Waals surface area contributed by atoms with Crippen LogP contribution < -0.4 is 10.1 Å². The van der Waals surface area contributed by atoms with Crippen LogP contribution in [0.1, 0.15) is 41.0 Å². The molecule has 0 saturated heterocycles. The third-order valence-corrected chi connectivity index (χ3v) is 3.79. The monoisotopic (exact) mass is 383 g/mol. The summed E-state index contributed by atoms with van der Waals surface area (Å²) in [4.78, 5) is 46.3. The van der Waals surface area contributed by atoms with Crippen LogP contribution >= 0.6 is 0 Å². The van der Waals surface area contributed by atoms with E-state index in [1.807, 2.05) is 0 Å². The molecule has 0 saturated carbocycles. The number of rotatable bonds is 9. The first-order valence-electron chi connectivity index (χ1n) is 8.71. The summed E-state index contributed by atoms with van der Waals surface area (Å²) in [7, 11) is 0. The molecule has 0 fully saturated rings. The van der Waals surface area contributed by atoms with Gasteiger partial charge in [-0.1, -0.05) is 6.92 Å². The van der Waals surface area contributed by atoms with Gasteiger partial charge in [0.25, 0.3) is 0 Å². The Balaban J connectivity index is 1.77. The zero-order valence-electron chi connectivity index (χ0n) is 15.7. The van der Waals surface area contributed by atoms with Crippen molar-refractivity contribution in [2.45, 2.75) is 20.3 Å². The molecule has 0 unspecified atom stereocenters. The molecule has 0 atom stereocenters. The van der Waals surface area contributed by atoms with Crippen LogP contribution in [0.5, 0.6) is 5.75 Å². The molecule has 2 aromatic carbocycles. The summed E-state index contributed by atoms with van der Waals surface area (Å²) in [5.74, 6) is -0.824. The highest BCUT2D eigenvalue weighted by atomic mass is 16.6. The number of nitrogens with one attached hydrogen (secondary N) is 1. The number of hydrogen-bond acceptors (Lipinski definition) is 6. The van der Waals surface area contributed by atoms with Gasteiger partial charge in [0.2, 0.25) is 5.91 Å². The molecule has 0 bridgehead atoms.